The van der Waals surface area contributed by atoms with Crippen LogP contribution in [0.15, 0.2) is 54.6 Å². The Balaban J connectivity index is 1.34. The average Bonchev–Trinajstić information content (AvgIpc) is 3.43. The molecule has 2 aromatic carbocycles. The summed E-state index contributed by atoms with van der Waals surface area (Å²) in [5.41, 5.74) is 5.90. The zero-order valence-electron chi connectivity index (χ0n) is 26.2. The van der Waals surface area contributed by atoms with E-state index in [9.17, 15) is 9.59 Å². The number of nitrogens with zero attached hydrogens (tertiary/aromatic N) is 2. The van der Waals surface area contributed by atoms with Crippen LogP contribution in [0.25, 0.3) is 10.4 Å². The van der Waals surface area contributed by atoms with E-state index in [0.717, 1.165) is 44.7 Å². The summed E-state index contributed by atoms with van der Waals surface area (Å²) in [6.07, 6.45) is -1.25. The van der Waals surface area contributed by atoms with Crippen LogP contribution in [0.5, 0.6) is 0 Å². The van der Waals surface area contributed by atoms with Crippen LogP contribution in [0.4, 0.5) is 0 Å². The van der Waals surface area contributed by atoms with Gasteiger partial charge in [-0.25, -0.2) is 0 Å². The number of esters is 2. The molecule has 3 aromatic rings. The fourth-order valence-electron chi connectivity index (χ4n) is 6.09. The molecular weight excluding hydrogens is 560 g/mol. The molecule has 5 atom stereocenters. The lowest BCUT2D eigenvalue weighted by Crippen LogP contribution is -2.52. The zero-order valence-corrected chi connectivity index (χ0v) is 27.0. The third-order valence-corrected chi connectivity index (χ3v) is 9.92. The van der Waals surface area contributed by atoms with E-state index in [1.54, 1.807) is 0 Å². The van der Waals surface area contributed by atoms with Crippen molar-refractivity contribution in [2.75, 3.05) is 33.2 Å². The number of hydrogen-bond donors (Lipinski definition) is 0. The van der Waals surface area contributed by atoms with Gasteiger partial charge >= 0.3 is 11.9 Å². The number of hydrogen-bond acceptors (Lipinski definition) is 8. The molecule has 1 aromatic heterocycles. The van der Waals surface area contributed by atoms with Gasteiger partial charge in [0.25, 0.3) is 0 Å². The molecule has 0 amide bonds. The van der Waals surface area contributed by atoms with Crippen molar-refractivity contribution in [3.8, 4) is 10.4 Å². The van der Waals surface area contributed by atoms with Gasteiger partial charge < -0.3 is 19.1 Å². The van der Waals surface area contributed by atoms with Crippen molar-refractivity contribution in [1.82, 2.24) is 9.80 Å². The number of rotatable bonds is 8. The number of likely N-dealkylation sites (N-methyl/N-ethyl adjacent to an activating group) is 1. The van der Waals surface area contributed by atoms with Gasteiger partial charge in [-0.2, -0.15) is 0 Å². The molecule has 2 saturated heterocycles. The molecule has 0 aliphatic carbocycles. The SMILES string of the molecule is CC(=O)O[C@H]1[C@H](C)[C@@H](C)OC(c2ccc(C)c(Cc3ccc(-c4cccc(CN5CCN(C)CC5)c4)s3)c2)[C@@H]1OC(C)=O. The Labute approximate surface area is 259 Å². The second-order valence-electron chi connectivity index (χ2n) is 12.2. The molecule has 7 nitrogen and oxygen atoms in total. The predicted molar refractivity (Wildman–Crippen MR) is 170 cm³/mol. The third-order valence-electron chi connectivity index (χ3n) is 8.79. The third kappa shape index (κ3) is 7.73. The molecule has 0 radical (unpaired) electrons. The van der Waals surface area contributed by atoms with Crippen molar-refractivity contribution in [2.45, 2.75) is 72.0 Å². The van der Waals surface area contributed by atoms with Crippen LogP contribution in [0, 0.1) is 12.8 Å². The number of thiophene rings is 1. The maximum atomic E-state index is 12.1. The molecule has 2 fully saturated rings. The molecule has 2 aliphatic heterocycles. The molecule has 3 heterocycles. The number of ether oxygens (including phenoxy) is 3. The first kappa shape index (κ1) is 31.4. The van der Waals surface area contributed by atoms with E-state index in [-0.39, 0.29) is 12.0 Å². The Morgan fingerprint density at radius 1 is 0.930 bits per heavy atom. The standard InChI is InChI=1S/C35H44N2O5S/c1-22-10-11-29(34-35(42-26(5)39)33(41-25(4)38)23(2)24(3)40-34)19-30(22)20-31-12-13-32(43-31)28-9-7-8-27(18-28)21-37-16-14-36(6)15-17-37/h7-13,18-19,23-24,33-35H,14-17,20-21H2,1-6H3/t23-,24-,33+,34?,35-/m1/s1. The topological polar surface area (TPSA) is 68.3 Å². The highest BCUT2D eigenvalue weighted by molar-refractivity contribution is 7.15. The molecule has 0 saturated carbocycles. The van der Waals surface area contributed by atoms with E-state index in [4.69, 9.17) is 14.2 Å². The largest absolute Gasteiger partial charge is 0.458 e. The van der Waals surface area contributed by atoms with Crippen molar-refractivity contribution in [2.24, 2.45) is 5.92 Å². The van der Waals surface area contributed by atoms with Crippen LogP contribution in [0.3, 0.4) is 0 Å². The minimum Gasteiger partial charge on any atom is -0.458 e. The van der Waals surface area contributed by atoms with Crippen LogP contribution < -0.4 is 0 Å². The van der Waals surface area contributed by atoms with Gasteiger partial charge in [-0.1, -0.05) is 43.3 Å². The minimum absolute atomic E-state index is 0.126. The van der Waals surface area contributed by atoms with Gasteiger partial charge in [-0.3, -0.25) is 14.5 Å². The lowest BCUT2D eigenvalue weighted by atomic mass is 9.85. The molecule has 8 heteroatoms. The number of benzene rings is 2. The van der Waals surface area contributed by atoms with Crippen molar-refractivity contribution in [3.63, 3.8) is 0 Å². The quantitative estimate of drug-likeness (QED) is 0.291. The Kier molecular flexibility index (Phi) is 10.0. The van der Waals surface area contributed by atoms with Gasteiger partial charge in [0.1, 0.15) is 12.2 Å². The monoisotopic (exact) mass is 604 g/mol. The van der Waals surface area contributed by atoms with Crippen LogP contribution >= 0.6 is 11.3 Å². The highest BCUT2D eigenvalue weighted by Gasteiger charge is 2.47. The van der Waals surface area contributed by atoms with Gasteiger partial charge in [-0.15, -0.1) is 11.3 Å². The van der Waals surface area contributed by atoms with Gasteiger partial charge in [0, 0.05) is 68.7 Å². The highest BCUT2D eigenvalue weighted by atomic mass is 32.1. The van der Waals surface area contributed by atoms with E-state index in [1.807, 2.05) is 31.3 Å². The number of carbonyl (C=O) groups is 2. The van der Waals surface area contributed by atoms with Gasteiger partial charge in [0.2, 0.25) is 0 Å². The summed E-state index contributed by atoms with van der Waals surface area (Å²) in [6, 6.07) is 19.7. The normalized spacial score (nSPS) is 24.9. The van der Waals surface area contributed by atoms with Crippen molar-refractivity contribution in [3.05, 3.63) is 81.7 Å². The number of piperazine rings is 1. The molecule has 0 spiro atoms. The summed E-state index contributed by atoms with van der Waals surface area (Å²) in [5, 5.41) is 0. The Hall–Kier alpha value is -3.04. The predicted octanol–water partition coefficient (Wildman–Crippen LogP) is 6.02. The maximum absolute atomic E-state index is 12.1. The van der Waals surface area contributed by atoms with Crippen molar-refractivity contribution < 1.29 is 23.8 Å². The van der Waals surface area contributed by atoms with Crippen LogP contribution in [0.2, 0.25) is 0 Å². The van der Waals surface area contributed by atoms with Crippen molar-refractivity contribution >= 4 is 23.3 Å². The fourth-order valence-corrected chi connectivity index (χ4v) is 7.11. The van der Waals surface area contributed by atoms with Gasteiger partial charge in [0.05, 0.1) is 6.10 Å². The summed E-state index contributed by atoms with van der Waals surface area (Å²) >= 11 is 1.82. The summed E-state index contributed by atoms with van der Waals surface area (Å²) in [6.45, 7) is 14.3. The van der Waals surface area contributed by atoms with Crippen LogP contribution in [-0.2, 0) is 36.8 Å². The smallest absolute Gasteiger partial charge is 0.303 e. The summed E-state index contributed by atoms with van der Waals surface area (Å²) in [4.78, 5) is 31.5. The second-order valence-corrected chi connectivity index (χ2v) is 13.3. The first-order valence-electron chi connectivity index (χ1n) is 15.3. The first-order chi connectivity index (χ1) is 20.6. The maximum Gasteiger partial charge on any atom is 0.303 e. The molecule has 0 bridgehead atoms. The van der Waals surface area contributed by atoms with Gasteiger partial charge in [-0.05, 0) is 66.9 Å². The average molecular weight is 605 g/mol. The first-order valence-corrected chi connectivity index (χ1v) is 16.1. The fraction of sp³-hybridized carbons (Fsp3) is 0.486. The van der Waals surface area contributed by atoms with Crippen molar-refractivity contribution in [1.29, 1.82) is 0 Å². The summed E-state index contributed by atoms with van der Waals surface area (Å²) in [5.74, 6) is -0.951. The van der Waals surface area contributed by atoms with Crippen LogP contribution in [0.1, 0.15) is 60.9 Å². The number of aryl methyl sites for hydroxylation is 1. The van der Waals surface area contributed by atoms with E-state index in [1.165, 1.54) is 45.9 Å². The molecule has 5 rings (SSSR count). The molecule has 230 valence electrons. The zero-order chi connectivity index (χ0) is 30.7. The van der Waals surface area contributed by atoms with E-state index >= 15 is 0 Å². The van der Waals surface area contributed by atoms with Crippen LogP contribution in [-0.4, -0.2) is 73.3 Å². The lowest BCUT2D eigenvalue weighted by molar-refractivity contribution is -0.222. The molecule has 0 N–H and O–H groups in total. The summed E-state index contributed by atoms with van der Waals surface area (Å²) in [7, 11) is 2.19. The highest BCUT2D eigenvalue weighted by Crippen LogP contribution is 2.39. The molecular formula is C35H44N2O5S. The lowest BCUT2D eigenvalue weighted by Gasteiger charge is -2.43. The Morgan fingerprint density at radius 3 is 2.37 bits per heavy atom. The van der Waals surface area contributed by atoms with Gasteiger partial charge in [0.15, 0.2) is 6.10 Å². The van der Waals surface area contributed by atoms with E-state index < -0.39 is 30.3 Å². The molecule has 43 heavy (non-hydrogen) atoms. The second kappa shape index (κ2) is 13.7. The minimum atomic E-state index is -0.727. The summed E-state index contributed by atoms with van der Waals surface area (Å²) < 4.78 is 17.9. The molecule has 1 unspecified atom stereocenters. The Morgan fingerprint density at radius 2 is 1.65 bits per heavy atom. The Bertz CT molecular complexity index is 1430. The molecule has 2 aliphatic rings. The van der Waals surface area contributed by atoms with E-state index in [2.05, 4.69) is 72.3 Å². The van der Waals surface area contributed by atoms with E-state index in [0.29, 0.717) is 0 Å². The number of carbonyl (C=O) groups excluding carboxylic acids is 2.